The van der Waals surface area contributed by atoms with Crippen molar-refractivity contribution in [3.05, 3.63) is 0 Å². The molecule has 0 fully saturated rings. The van der Waals surface area contributed by atoms with Gasteiger partial charge in [0.1, 0.15) is 11.6 Å². The van der Waals surface area contributed by atoms with Gasteiger partial charge in [-0.2, -0.15) is 0 Å². The van der Waals surface area contributed by atoms with Crippen molar-refractivity contribution in [2.45, 2.75) is 71.9 Å². The number of nitrogens with one attached hydrogen (secondary N) is 1. The van der Waals surface area contributed by atoms with Gasteiger partial charge in [0.15, 0.2) is 0 Å². The van der Waals surface area contributed by atoms with Gasteiger partial charge in [0.2, 0.25) is 0 Å². The second-order valence-electron chi connectivity index (χ2n) is 7.22. The second-order valence-corrected chi connectivity index (χ2v) is 7.22. The third-order valence-corrected chi connectivity index (χ3v) is 3.44. The molecular weight excluding hydrogens is 264 g/mol. The Balaban J connectivity index is 4.24. The van der Waals surface area contributed by atoms with Gasteiger partial charge in [-0.25, -0.2) is 0 Å². The molecule has 0 aliphatic heterocycles. The van der Waals surface area contributed by atoms with Gasteiger partial charge in [-0.05, 0) is 66.7 Å². The molecule has 0 amide bonds. The van der Waals surface area contributed by atoms with Crippen molar-refractivity contribution in [3.63, 3.8) is 0 Å². The maximum atomic E-state index is 12.3. The smallest absolute Gasteiger partial charge is 0.324 e. The van der Waals surface area contributed by atoms with Crippen LogP contribution in [0.3, 0.4) is 0 Å². The van der Waals surface area contributed by atoms with Crippen LogP contribution in [0.1, 0.15) is 60.3 Å². The third-order valence-electron chi connectivity index (χ3n) is 3.44. The molecule has 0 aromatic rings. The van der Waals surface area contributed by atoms with Gasteiger partial charge < -0.3 is 10.1 Å². The van der Waals surface area contributed by atoms with Crippen LogP contribution in [-0.2, 0) is 9.53 Å². The molecule has 0 radical (unpaired) electrons. The minimum Gasteiger partial charge on any atom is -0.459 e. The van der Waals surface area contributed by atoms with E-state index in [0.717, 1.165) is 19.5 Å². The number of carbonyl (C=O) groups excluding carboxylic acids is 1. The fourth-order valence-corrected chi connectivity index (χ4v) is 2.48. The summed E-state index contributed by atoms with van der Waals surface area (Å²) in [6, 6.07) is -0.151. The number of hydrogen-bond acceptors (Lipinski definition) is 4. The van der Waals surface area contributed by atoms with Crippen LogP contribution >= 0.6 is 0 Å². The molecule has 0 spiro atoms. The van der Waals surface area contributed by atoms with Gasteiger partial charge in [0.25, 0.3) is 0 Å². The molecule has 0 heterocycles. The average molecular weight is 300 g/mol. The van der Waals surface area contributed by atoms with Crippen LogP contribution < -0.4 is 5.32 Å². The molecule has 1 N–H and O–H groups in total. The van der Waals surface area contributed by atoms with Gasteiger partial charge >= 0.3 is 5.97 Å². The van der Waals surface area contributed by atoms with E-state index in [1.165, 1.54) is 19.3 Å². The number of carbonyl (C=O) groups is 1. The molecule has 4 heteroatoms. The first-order valence-electron chi connectivity index (χ1n) is 8.26. The van der Waals surface area contributed by atoms with E-state index in [9.17, 15) is 4.79 Å². The first kappa shape index (κ1) is 20.4. The van der Waals surface area contributed by atoms with E-state index in [1.54, 1.807) is 0 Å². The number of rotatable bonds is 10. The summed E-state index contributed by atoms with van der Waals surface area (Å²) in [5.41, 5.74) is -0.418. The lowest BCUT2D eigenvalue weighted by molar-refractivity contribution is -0.162. The van der Waals surface area contributed by atoms with Crippen molar-refractivity contribution < 1.29 is 9.53 Å². The van der Waals surface area contributed by atoms with Crippen molar-refractivity contribution in [3.8, 4) is 0 Å². The van der Waals surface area contributed by atoms with Crippen molar-refractivity contribution in [1.29, 1.82) is 0 Å². The maximum absolute atomic E-state index is 12.3. The molecule has 126 valence electrons. The molecule has 0 aromatic carbocycles. The Labute approximate surface area is 131 Å². The van der Waals surface area contributed by atoms with E-state index in [2.05, 4.69) is 24.1 Å². The third kappa shape index (κ3) is 9.86. The highest BCUT2D eigenvalue weighted by atomic mass is 16.6. The van der Waals surface area contributed by atoms with Crippen LogP contribution in [0.25, 0.3) is 0 Å². The van der Waals surface area contributed by atoms with Crippen LogP contribution in [-0.4, -0.2) is 49.7 Å². The van der Waals surface area contributed by atoms with Crippen LogP contribution in [0.2, 0.25) is 0 Å². The quantitative estimate of drug-likeness (QED) is 0.497. The molecule has 1 unspecified atom stereocenters. The van der Waals surface area contributed by atoms with Gasteiger partial charge in [0, 0.05) is 0 Å². The second kappa shape index (κ2) is 10.2. The molecule has 0 rings (SSSR count). The lowest BCUT2D eigenvalue weighted by Crippen LogP contribution is -2.46. The molecule has 0 aromatic heterocycles. The molecule has 4 nitrogen and oxygen atoms in total. The van der Waals surface area contributed by atoms with E-state index < -0.39 is 5.60 Å². The Morgan fingerprint density at radius 1 is 1.14 bits per heavy atom. The van der Waals surface area contributed by atoms with Crippen LogP contribution in [0.15, 0.2) is 0 Å². The van der Waals surface area contributed by atoms with E-state index >= 15 is 0 Å². The van der Waals surface area contributed by atoms with Gasteiger partial charge in [-0.15, -0.1) is 0 Å². The molecule has 0 saturated carbocycles. The van der Waals surface area contributed by atoms with Crippen molar-refractivity contribution in [2.75, 3.05) is 27.2 Å². The lowest BCUT2D eigenvalue weighted by Gasteiger charge is -2.32. The molecule has 0 aliphatic carbocycles. The van der Waals surface area contributed by atoms with Crippen LogP contribution in [0.4, 0.5) is 0 Å². The van der Waals surface area contributed by atoms with Gasteiger partial charge in [-0.1, -0.05) is 26.7 Å². The van der Waals surface area contributed by atoms with E-state index in [1.807, 2.05) is 34.9 Å². The Morgan fingerprint density at radius 2 is 1.71 bits per heavy atom. The Morgan fingerprint density at radius 3 is 2.19 bits per heavy atom. The monoisotopic (exact) mass is 300 g/mol. The standard InChI is InChI=1S/C17H36N2O2/c1-14(2)15(16(20)21-17(3,4)5)19(7)13-11-9-8-10-12-18-6/h14-15,18H,8-13H2,1-7H3. The lowest BCUT2D eigenvalue weighted by atomic mass is 10.0. The summed E-state index contributed by atoms with van der Waals surface area (Å²) >= 11 is 0. The predicted octanol–water partition coefficient (Wildman–Crippen LogP) is 3.06. The number of likely N-dealkylation sites (N-methyl/N-ethyl adjacent to an activating group) is 1. The predicted molar refractivity (Wildman–Crippen MR) is 89.5 cm³/mol. The zero-order valence-electron chi connectivity index (χ0n) is 15.2. The topological polar surface area (TPSA) is 41.6 Å². The summed E-state index contributed by atoms with van der Waals surface area (Å²) < 4.78 is 5.55. The number of unbranched alkanes of at least 4 members (excludes halogenated alkanes) is 3. The zero-order valence-corrected chi connectivity index (χ0v) is 15.2. The molecular formula is C17H36N2O2. The summed E-state index contributed by atoms with van der Waals surface area (Å²) in [7, 11) is 4.02. The summed E-state index contributed by atoms with van der Waals surface area (Å²) in [6.07, 6.45) is 4.81. The highest BCUT2D eigenvalue weighted by Crippen LogP contribution is 2.17. The Kier molecular flexibility index (Phi) is 9.88. The number of nitrogens with zero attached hydrogens (tertiary/aromatic N) is 1. The van der Waals surface area contributed by atoms with Gasteiger partial charge in [-0.3, -0.25) is 9.69 Å². The maximum Gasteiger partial charge on any atom is 0.324 e. The minimum atomic E-state index is -0.418. The normalized spacial score (nSPS) is 13.8. The van der Waals surface area contributed by atoms with E-state index in [-0.39, 0.29) is 17.9 Å². The molecule has 0 saturated heterocycles. The van der Waals surface area contributed by atoms with Crippen molar-refractivity contribution in [2.24, 2.45) is 5.92 Å². The van der Waals surface area contributed by atoms with E-state index in [4.69, 9.17) is 4.74 Å². The van der Waals surface area contributed by atoms with Crippen molar-refractivity contribution in [1.82, 2.24) is 10.2 Å². The first-order valence-corrected chi connectivity index (χ1v) is 8.26. The van der Waals surface area contributed by atoms with Crippen LogP contribution in [0.5, 0.6) is 0 Å². The number of ether oxygens (including phenoxy) is 1. The van der Waals surface area contributed by atoms with Crippen LogP contribution in [0, 0.1) is 5.92 Å². The largest absolute Gasteiger partial charge is 0.459 e. The minimum absolute atomic E-state index is 0.102. The molecule has 0 aliphatic rings. The molecule has 21 heavy (non-hydrogen) atoms. The fraction of sp³-hybridized carbons (Fsp3) is 0.941. The van der Waals surface area contributed by atoms with E-state index in [0.29, 0.717) is 0 Å². The summed E-state index contributed by atoms with van der Waals surface area (Å²) in [4.78, 5) is 14.5. The number of hydrogen-bond donors (Lipinski definition) is 1. The first-order chi connectivity index (χ1) is 9.69. The summed E-state index contributed by atoms with van der Waals surface area (Å²) in [6.45, 7) is 12.0. The zero-order chi connectivity index (χ0) is 16.5. The Hall–Kier alpha value is -0.610. The summed E-state index contributed by atoms with van der Waals surface area (Å²) in [5, 5.41) is 3.17. The fourth-order valence-electron chi connectivity index (χ4n) is 2.48. The van der Waals surface area contributed by atoms with Gasteiger partial charge in [0.05, 0.1) is 0 Å². The molecule has 0 bridgehead atoms. The van der Waals surface area contributed by atoms with Crippen molar-refractivity contribution >= 4 is 5.97 Å². The average Bonchev–Trinajstić information content (AvgIpc) is 2.30. The highest BCUT2D eigenvalue weighted by Gasteiger charge is 2.30. The Bertz CT molecular complexity index is 285. The molecule has 1 atom stereocenters. The summed E-state index contributed by atoms with van der Waals surface area (Å²) in [5.74, 6) is 0.157. The highest BCUT2D eigenvalue weighted by molar-refractivity contribution is 5.76. The number of esters is 1. The SMILES string of the molecule is CNCCCCCCN(C)C(C(=O)OC(C)(C)C)C(C)C.